The van der Waals surface area contributed by atoms with Crippen LogP contribution in [0.2, 0.25) is 0 Å². The number of carbonyl (C=O) groups is 1. The molecule has 0 saturated carbocycles. The Morgan fingerprint density at radius 2 is 2.13 bits per heavy atom. The van der Waals surface area contributed by atoms with Crippen molar-refractivity contribution in [1.29, 1.82) is 0 Å². The Kier molecular flexibility index (Phi) is 3.71. The molecule has 1 saturated heterocycles. The van der Waals surface area contributed by atoms with E-state index in [9.17, 15) is 14.3 Å². The highest BCUT2D eigenvalue weighted by atomic mass is 19.1. The standard InChI is InChI=1S/C14H14BFN2O5/c1-18-5-4-14(20,13(18)19)12-7-11(17-23-12)8-2-3-10(16)9(6-8)15(21)22/h2-3,6-7,20-22H,4-5H2,1H3/t14-/m1/s1. The van der Waals surface area contributed by atoms with Crippen molar-refractivity contribution in [2.24, 2.45) is 0 Å². The Balaban J connectivity index is 1.97. The van der Waals surface area contributed by atoms with Gasteiger partial charge in [-0.1, -0.05) is 11.2 Å². The van der Waals surface area contributed by atoms with Crippen LogP contribution in [-0.4, -0.2) is 51.8 Å². The number of rotatable bonds is 3. The average molecular weight is 320 g/mol. The van der Waals surface area contributed by atoms with Gasteiger partial charge in [0, 0.05) is 37.1 Å². The molecule has 3 rings (SSSR count). The Hall–Kier alpha value is -2.23. The molecular formula is C14H14BFN2O5. The van der Waals surface area contributed by atoms with E-state index in [2.05, 4.69) is 5.16 Å². The van der Waals surface area contributed by atoms with Crippen molar-refractivity contribution in [3.05, 3.63) is 35.8 Å². The Bertz CT molecular complexity index is 765. The van der Waals surface area contributed by atoms with Crippen LogP contribution in [-0.2, 0) is 10.4 Å². The summed E-state index contributed by atoms with van der Waals surface area (Å²) in [5.74, 6) is -1.25. The summed E-state index contributed by atoms with van der Waals surface area (Å²) in [6.07, 6.45) is 0.182. The number of likely N-dealkylation sites (N-methyl/N-ethyl adjacent to an activating group) is 1. The van der Waals surface area contributed by atoms with Gasteiger partial charge in [0.05, 0.1) is 0 Å². The fourth-order valence-corrected chi connectivity index (χ4v) is 2.59. The first kappa shape index (κ1) is 15.7. The number of hydrogen-bond acceptors (Lipinski definition) is 6. The minimum atomic E-state index is -1.96. The zero-order chi connectivity index (χ0) is 16.8. The van der Waals surface area contributed by atoms with Crippen LogP contribution in [0.25, 0.3) is 11.3 Å². The molecule has 0 spiro atoms. The van der Waals surface area contributed by atoms with Crippen molar-refractivity contribution >= 4 is 18.5 Å². The molecule has 0 bridgehead atoms. The van der Waals surface area contributed by atoms with Gasteiger partial charge in [0.15, 0.2) is 5.76 Å². The quantitative estimate of drug-likeness (QED) is 0.640. The van der Waals surface area contributed by atoms with Crippen LogP contribution in [0.3, 0.4) is 0 Å². The molecule has 1 amide bonds. The van der Waals surface area contributed by atoms with Crippen LogP contribution >= 0.6 is 0 Å². The Morgan fingerprint density at radius 1 is 1.39 bits per heavy atom. The summed E-state index contributed by atoms with van der Waals surface area (Å²) >= 11 is 0. The number of likely N-dealkylation sites (tertiary alicyclic amines) is 1. The highest BCUT2D eigenvalue weighted by Crippen LogP contribution is 2.34. The molecule has 2 aromatic rings. The second-order valence-corrected chi connectivity index (χ2v) is 5.52. The van der Waals surface area contributed by atoms with Crippen molar-refractivity contribution in [2.45, 2.75) is 12.0 Å². The first-order valence-corrected chi connectivity index (χ1v) is 6.94. The van der Waals surface area contributed by atoms with E-state index in [4.69, 9.17) is 14.6 Å². The van der Waals surface area contributed by atoms with Crippen molar-refractivity contribution in [1.82, 2.24) is 10.1 Å². The van der Waals surface area contributed by atoms with Gasteiger partial charge in [0.1, 0.15) is 11.5 Å². The lowest BCUT2D eigenvalue weighted by atomic mass is 9.79. The summed E-state index contributed by atoms with van der Waals surface area (Å²) in [5, 5.41) is 32.5. The largest absolute Gasteiger partial charge is 0.491 e. The summed E-state index contributed by atoms with van der Waals surface area (Å²) in [6, 6.07) is 5.06. The van der Waals surface area contributed by atoms with Crippen LogP contribution in [0.15, 0.2) is 28.8 Å². The SMILES string of the molecule is CN1CC[C@@](O)(c2cc(-c3ccc(F)c(B(O)O)c3)no2)C1=O. The monoisotopic (exact) mass is 320 g/mol. The van der Waals surface area contributed by atoms with Crippen LogP contribution in [0, 0.1) is 5.82 Å². The maximum absolute atomic E-state index is 13.5. The van der Waals surface area contributed by atoms with Gasteiger partial charge in [0.2, 0.25) is 5.60 Å². The molecule has 23 heavy (non-hydrogen) atoms. The minimum absolute atomic E-state index is 0.00253. The third-order valence-corrected chi connectivity index (χ3v) is 4.00. The summed E-state index contributed by atoms with van der Waals surface area (Å²) < 4.78 is 18.6. The normalized spacial score (nSPS) is 21.1. The first-order valence-electron chi connectivity index (χ1n) is 6.94. The zero-order valence-electron chi connectivity index (χ0n) is 12.2. The first-order chi connectivity index (χ1) is 10.8. The molecule has 1 aromatic heterocycles. The Morgan fingerprint density at radius 3 is 2.74 bits per heavy atom. The van der Waals surface area contributed by atoms with Crippen molar-refractivity contribution in [3.63, 3.8) is 0 Å². The van der Waals surface area contributed by atoms with Gasteiger partial charge >= 0.3 is 7.12 Å². The van der Waals surface area contributed by atoms with Gasteiger partial charge in [-0.2, -0.15) is 0 Å². The molecule has 1 aromatic carbocycles. The van der Waals surface area contributed by atoms with Crippen molar-refractivity contribution in [2.75, 3.05) is 13.6 Å². The highest BCUT2D eigenvalue weighted by Gasteiger charge is 2.48. The number of benzene rings is 1. The van der Waals surface area contributed by atoms with Crippen molar-refractivity contribution < 1.29 is 28.9 Å². The maximum atomic E-state index is 13.5. The van der Waals surface area contributed by atoms with Gasteiger partial charge in [-0.15, -0.1) is 0 Å². The molecule has 0 unspecified atom stereocenters. The van der Waals surface area contributed by atoms with Crippen LogP contribution in [0.4, 0.5) is 4.39 Å². The van der Waals surface area contributed by atoms with Crippen LogP contribution < -0.4 is 5.46 Å². The third kappa shape index (κ3) is 2.52. The molecule has 0 aliphatic carbocycles. The number of aliphatic hydroxyl groups is 1. The number of halogens is 1. The van der Waals surface area contributed by atoms with Crippen LogP contribution in [0.5, 0.6) is 0 Å². The molecule has 1 fully saturated rings. The minimum Gasteiger partial charge on any atom is -0.423 e. The van der Waals surface area contributed by atoms with Crippen LogP contribution in [0.1, 0.15) is 12.2 Å². The molecule has 120 valence electrons. The summed E-state index contributed by atoms with van der Waals surface area (Å²) in [7, 11) is -0.387. The number of amides is 1. The lowest BCUT2D eigenvalue weighted by Gasteiger charge is -2.16. The number of aromatic nitrogens is 1. The van der Waals surface area contributed by atoms with Gasteiger partial charge in [0.25, 0.3) is 5.91 Å². The molecular weight excluding hydrogens is 306 g/mol. The lowest BCUT2D eigenvalue weighted by Crippen LogP contribution is -2.35. The fraction of sp³-hybridized carbons (Fsp3) is 0.286. The van der Waals surface area contributed by atoms with Gasteiger partial charge in [-0.25, -0.2) is 4.39 Å². The summed E-state index contributed by atoms with van der Waals surface area (Å²) in [5.41, 5.74) is -1.45. The molecule has 1 aliphatic rings. The van der Waals surface area contributed by atoms with E-state index in [0.29, 0.717) is 12.1 Å². The van der Waals surface area contributed by atoms with Gasteiger partial charge in [-0.05, 0) is 12.1 Å². The fourth-order valence-electron chi connectivity index (χ4n) is 2.59. The van der Waals surface area contributed by atoms with E-state index >= 15 is 0 Å². The van der Waals surface area contributed by atoms with E-state index in [1.54, 1.807) is 7.05 Å². The van der Waals surface area contributed by atoms with E-state index in [1.807, 2.05) is 0 Å². The third-order valence-electron chi connectivity index (χ3n) is 4.00. The second-order valence-electron chi connectivity index (χ2n) is 5.52. The molecule has 2 heterocycles. The lowest BCUT2D eigenvalue weighted by molar-refractivity contribution is -0.144. The number of hydrogen-bond donors (Lipinski definition) is 3. The number of nitrogens with zero attached hydrogens (tertiary/aromatic N) is 2. The maximum Gasteiger partial charge on any atom is 0.491 e. The van der Waals surface area contributed by atoms with Gasteiger partial charge in [-0.3, -0.25) is 4.79 Å². The van der Waals surface area contributed by atoms with Crippen molar-refractivity contribution in [3.8, 4) is 11.3 Å². The molecule has 1 atom stereocenters. The molecule has 0 radical (unpaired) electrons. The van der Waals surface area contributed by atoms with E-state index < -0.39 is 24.4 Å². The smallest absolute Gasteiger partial charge is 0.423 e. The van der Waals surface area contributed by atoms with E-state index in [0.717, 1.165) is 6.07 Å². The molecule has 9 heteroatoms. The second kappa shape index (κ2) is 5.45. The molecule has 1 aliphatic heterocycles. The summed E-state index contributed by atoms with van der Waals surface area (Å²) in [6.45, 7) is 0.392. The van der Waals surface area contributed by atoms with Gasteiger partial charge < -0.3 is 24.6 Å². The van der Waals surface area contributed by atoms with E-state index in [1.165, 1.54) is 23.1 Å². The van der Waals surface area contributed by atoms with E-state index in [-0.39, 0.29) is 23.3 Å². The summed E-state index contributed by atoms with van der Waals surface area (Å²) in [4.78, 5) is 13.4. The molecule has 3 N–H and O–H groups in total. The topological polar surface area (TPSA) is 107 Å². The average Bonchev–Trinajstić information content (AvgIpc) is 3.10. The predicted molar refractivity (Wildman–Crippen MR) is 77.9 cm³/mol. The highest BCUT2D eigenvalue weighted by molar-refractivity contribution is 6.58. The zero-order valence-corrected chi connectivity index (χ0v) is 12.2. The Labute approximate surface area is 131 Å². The predicted octanol–water partition coefficient (Wildman–Crippen LogP) is -0.790. The molecule has 7 nitrogen and oxygen atoms in total. The number of carbonyl (C=O) groups excluding carboxylic acids is 1.